The van der Waals surface area contributed by atoms with Gasteiger partial charge < -0.3 is 10.2 Å². The Kier molecular flexibility index (Phi) is 5.42. The second-order valence-corrected chi connectivity index (χ2v) is 8.14. The molecule has 0 atom stereocenters. The first kappa shape index (κ1) is 19.0. The van der Waals surface area contributed by atoms with E-state index in [1.54, 1.807) is 12.1 Å². The maximum Gasteiger partial charge on any atom is 0.248 e. The molecule has 1 aliphatic rings. The average Bonchev–Trinajstić information content (AvgIpc) is 2.56. The standard InChI is InChI=1S/C21H22Cl2N2O/c1-21(2)13-25(3)12-15-16(21)9-10-18(20(15)23)24-19(26)11-8-14-6-4-5-7-17(14)22/h4-11H,12-13H2,1-3H3,(H,24,26). The predicted octanol–water partition coefficient (Wildman–Crippen LogP) is 5.37. The summed E-state index contributed by atoms with van der Waals surface area (Å²) in [5, 5.41) is 4.09. The van der Waals surface area contributed by atoms with Crippen molar-refractivity contribution in [1.82, 2.24) is 4.90 Å². The van der Waals surface area contributed by atoms with E-state index in [2.05, 4.69) is 37.2 Å². The molecule has 0 spiro atoms. The number of hydrogen-bond acceptors (Lipinski definition) is 2. The molecule has 26 heavy (non-hydrogen) atoms. The lowest BCUT2D eigenvalue weighted by Crippen LogP contribution is -2.40. The van der Waals surface area contributed by atoms with Crippen LogP contribution in [0.3, 0.4) is 0 Å². The highest BCUT2D eigenvalue weighted by Crippen LogP contribution is 2.39. The fourth-order valence-corrected chi connectivity index (χ4v) is 4.01. The van der Waals surface area contributed by atoms with Crippen LogP contribution in [0.5, 0.6) is 0 Å². The molecule has 2 aromatic carbocycles. The summed E-state index contributed by atoms with van der Waals surface area (Å²) in [5.41, 5.74) is 3.77. The normalized spacial score (nSPS) is 16.5. The number of fused-ring (bicyclic) bond motifs is 1. The van der Waals surface area contributed by atoms with Crippen LogP contribution in [0.4, 0.5) is 5.69 Å². The lowest BCUT2D eigenvalue weighted by molar-refractivity contribution is -0.111. The zero-order valence-electron chi connectivity index (χ0n) is 15.1. The van der Waals surface area contributed by atoms with Crippen LogP contribution in [0.2, 0.25) is 10.0 Å². The van der Waals surface area contributed by atoms with Crippen LogP contribution < -0.4 is 5.32 Å². The van der Waals surface area contributed by atoms with Gasteiger partial charge in [-0.2, -0.15) is 0 Å². The largest absolute Gasteiger partial charge is 0.321 e. The van der Waals surface area contributed by atoms with E-state index in [-0.39, 0.29) is 11.3 Å². The number of benzene rings is 2. The van der Waals surface area contributed by atoms with E-state index in [9.17, 15) is 4.79 Å². The number of nitrogens with one attached hydrogen (secondary N) is 1. The first-order chi connectivity index (χ1) is 12.3. The van der Waals surface area contributed by atoms with E-state index in [0.717, 1.165) is 24.2 Å². The molecule has 0 bridgehead atoms. The molecule has 0 saturated heterocycles. The Morgan fingerprint density at radius 2 is 1.92 bits per heavy atom. The number of hydrogen-bond donors (Lipinski definition) is 1. The first-order valence-corrected chi connectivity index (χ1v) is 9.27. The second kappa shape index (κ2) is 7.43. The van der Waals surface area contributed by atoms with Crippen molar-refractivity contribution in [2.24, 2.45) is 0 Å². The van der Waals surface area contributed by atoms with Gasteiger partial charge in [-0.05, 0) is 41.9 Å². The number of anilines is 1. The molecule has 5 heteroatoms. The quantitative estimate of drug-likeness (QED) is 0.716. The minimum atomic E-state index is -0.241. The van der Waals surface area contributed by atoms with Gasteiger partial charge in [0, 0.05) is 29.6 Å². The molecule has 1 N–H and O–H groups in total. The highest BCUT2D eigenvalue weighted by molar-refractivity contribution is 6.35. The summed E-state index contributed by atoms with van der Waals surface area (Å²) in [5.74, 6) is -0.241. The number of likely N-dealkylation sites (N-methyl/N-ethyl adjacent to an activating group) is 1. The van der Waals surface area contributed by atoms with Gasteiger partial charge in [-0.25, -0.2) is 0 Å². The van der Waals surface area contributed by atoms with Crippen molar-refractivity contribution in [3.63, 3.8) is 0 Å². The summed E-state index contributed by atoms with van der Waals surface area (Å²) in [6, 6.07) is 11.3. The molecular formula is C21H22Cl2N2O. The lowest BCUT2D eigenvalue weighted by atomic mass is 9.78. The third-order valence-electron chi connectivity index (χ3n) is 4.64. The van der Waals surface area contributed by atoms with E-state index in [1.807, 2.05) is 24.3 Å². The van der Waals surface area contributed by atoms with E-state index in [1.165, 1.54) is 11.6 Å². The zero-order valence-corrected chi connectivity index (χ0v) is 16.7. The van der Waals surface area contributed by atoms with Crippen molar-refractivity contribution in [2.45, 2.75) is 25.8 Å². The minimum absolute atomic E-state index is 0.0263. The third-order valence-corrected chi connectivity index (χ3v) is 5.42. The molecule has 0 fully saturated rings. The lowest BCUT2D eigenvalue weighted by Gasteiger charge is -2.38. The van der Waals surface area contributed by atoms with Crippen molar-refractivity contribution in [3.05, 3.63) is 69.2 Å². The smallest absolute Gasteiger partial charge is 0.248 e. The Hall–Kier alpha value is -1.81. The molecule has 136 valence electrons. The molecule has 1 amide bonds. The molecule has 1 aliphatic heterocycles. The van der Waals surface area contributed by atoms with Gasteiger partial charge in [0.05, 0.1) is 10.7 Å². The predicted molar refractivity (Wildman–Crippen MR) is 110 cm³/mol. The van der Waals surface area contributed by atoms with Gasteiger partial charge in [-0.3, -0.25) is 4.79 Å². The molecule has 0 saturated carbocycles. The Bertz CT molecular complexity index is 874. The number of carbonyl (C=O) groups excluding carboxylic acids is 1. The first-order valence-electron chi connectivity index (χ1n) is 8.52. The third kappa shape index (κ3) is 3.96. The van der Waals surface area contributed by atoms with Crippen molar-refractivity contribution in [3.8, 4) is 0 Å². The fraction of sp³-hybridized carbons (Fsp3) is 0.286. The van der Waals surface area contributed by atoms with Gasteiger partial charge in [-0.1, -0.05) is 61.3 Å². The van der Waals surface area contributed by atoms with Crippen LogP contribution in [-0.4, -0.2) is 24.4 Å². The average molecular weight is 389 g/mol. The van der Waals surface area contributed by atoms with E-state index < -0.39 is 0 Å². The number of nitrogens with zero attached hydrogens (tertiary/aromatic N) is 1. The van der Waals surface area contributed by atoms with Crippen LogP contribution in [0.25, 0.3) is 6.08 Å². The van der Waals surface area contributed by atoms with E-state index in [0.29, 0.717) is 15.7 Å². The molecular weight excluding hydrogens is 367 g/mol. The molecule has 0 aromatic heterocycles. The number of carbonyl (C=O) groups is 1. The maximum absolute atomic E-state index is 12.3. The molecule has 3 rings (SSSR count). The molecule has 1 heterocycles. The number of amides is 1. The Balaban J connectivity index is 1.82. The summed E-state index contributed by atoms with van der Waals surface area (Å²) in [6.45, 7) is 6.17. The summed E-state index contributed by atoms with van der Waals surface area (Å²) >= 11 is 12.7. The molecule has 2 aromatic rings. The second-order valence-electron chi connectivity index (χ2n) is 7.35. The van der Waals surface area contributed by atoms with Crippen molar-refractivity contribution in [2.75, 3.05) is 18.9 Å². The van der Waals surface area contributed by atoms with Crippen LogP contribution in [0, 0.1) is 0 Å². The monoisotopic (exact) mass is 388 g/mol. The van der Waals surface area contributed by atoms with Gasteiger partial charge in [-0.15, -0.1) is 0 Å². The van der Waals surface area contributed by atoms with Crippen LogP contribution in [0.15, 0.2) is 42.5 Å². The number of rotatable bonds is 3. The molecule has 0 aliphatic carbocycles. The molecule has 0 radical (unpaired) electrons. The van der Waals surface area contributed by atoms with Gasteiger partial charge in [0.1, 0.15) is 0 Å². The molecule has 0 unspecified atom stereocenters. The topological polar surface area (TPSA) is 32.3 Å². The summed E-state index contributed by atoms with van der Waals surface area (Å²) in [6.07, 6.45) is 3.16. The van der Waals surface area contributed by atoms with Crippen molar-refractivity contribution >= 4 is 40.9 Å². The van der Waals surface area contributed by atoms with Crippen LogP contribution in [-0.2, 0) is 16.8 Å². The summed E-state index contributed by atoms with van der Waals surface area (Å²) in [4.78, 5) is 14.5. The summed E-state index contributed by atoms with van der Waals surface area (Å²) < 4.78 is 0. The van der Waals surface area contributed by atoms with Gasteiger partial charge in [0.25, 0.3) is 0 Å². The number of halogens is 2. The zero-order chi connectivity index (χ0) is 18.9. The fourth-order valence-electron chi connectivity index (χ4n) is 3.54. The summed E-state index contributed by atoms with van der Waals surface area (Å²) in [7, 11) is 2.08. The highest BCUT2D eigenvalue weighted by atomic mass is 35.5. The molecule has 3 nitrogen and oxygen atoms in total. The van der Waals surface area contributed by atoms with Gasteiger partial charge >= 0.3 is 0 Å². The van der Waals surface area contributed by atoms with Crippen LogP contribution in [0.1, 0.15) is 30.5 Å². The van der Waals surface area contributed by atoms with Crippen LogP contribution >= 0.6 is 23.2 Å². The Labute approximate surface area is 164 Å². The van der Waals surface area contributed by atoms with Crippen molar-refractivity contribution < 1.29 is 4.79 Å². The maximum atomic E-state index is 12.3. The Morgan fingerprint density at radius 1 is 1.19 bits per heavy atom. The van der Waals surface area contributed by atoms with Gasteiger partial charge in [0.15, 0.2) is 0 Å². The van der Waals surface area contributed by atoms with E-state index >= 15 is 0 Å². The van der Waals surface area contributed by atoms with Crippen molar-refractivity contribution in [1.29, 1.82) is 0 Å². The SMILES string of the molecule is CN1Cc2c(ccc(NC(=O)C=Cc3ccccc3Cl)c2Cl)C(C)(C)C1. The Morgan fingerprint density at radius 3 is 2.65 bits per heavy atom. The highest BCUT2D eigenvalue weighted by Gasteiger charge is 2.32. The minimum Gasteiger partial charge on any atom is -0.321 e. The van der Waals surface area contributed by atoms with Gasteiger partial charge in [0.2, 0.25) is 5.91 Å². The van der Waals surface area contributed by atoms with E-state index in [4.69, 9.17) is 23.2 Å².